The zero-order valence-electron chi connectivity index (χ0n) is 17.2. The van der Waals surface area contributed by atoms with Crippen molar-refractivity contribution in [2.45, 2.75) is 23.3 Å². The highest BCUT2D eigenvalue weighted by atomic mass is 35.5. The molecule has 1 amide bonds. The van der Waals surface area contributed by atoms with E-state index in [2.05, 4.69) is 10.3 Å². The SMILES string of the molecule is CCOc1cc(Cl)ccc1S(=O)(=O)c1ccc(CNC(=O)c2ccc3nccn3c2)cc1. The fourth-order valence-electron chi connectivity index (χ4n) is 3.22. The van der Waals surface area contributed by atoms with E-state index in [1.54, 1.807) is 54.2 Å². The van der Waals surface area contributed by atoms with Crippen LogP contribution in [-0.4, -0.2) is 30.3 Å². The molecule has 0 bridgehead atoms. The normalized spacial score (nSPS) is 11.4. The second-order valence-electron chi connectivity index (χ2n) is 6.96. The highest BCUT2D eigenvalue weighted by Gasteiger charge is 2.22. The second kappa shape index (κ2) is 9.02. The van der Waals surface area contributed by atoms with Gasteiger partial charge in [-0.2, -0.15) is 0 Å². The van der Waals surface area contributed by atoms with Crippen molar-refractivity contribution in [2.24, 2.45) is 0 Å². The number of nitrogens with one attached hydrogen (secondary N) is 1. The van der Waals surface area contributed by atoms with Crippen molar-refractivity contribution in [1.29, 1.82) is 0 Å². The van der Waals surface area contributed by atoms with Crippen molar-refractivity contribution >= 4 is 33.0 Å². The lowest BCUT2D eigenvalue weighted by atomic mass is 10.2. The molecule has 0 saturated carbocycles. The summed E-state index contributed by atoms with van der Waals surface area (Å²) in [5.41, 5.74) is 2.02. The number of fused-ring (bicyclic) bond motifs is 1. The molecule has 4 rings (SSSR count). The van der Waals surface area contributed by atoms with E-state index in [0.29, 0.717) is 17.2 Å². The number of halogens is 1. The lowest BCUT2D eigenvalue weighted by Crippen LogP contribution is -2.23. The third-order valence-electron chi connectivity index (χ3n) is 4.83. The zero-order chi connectivity index (χ0) is 22.7. The summed E-state index contributed by atoms with van der Waals surface area (Å²) in [6, 6.07) is 14.3. The number of carbonyl (C=O) groups excluding carboxylic acids is 1. The average molecular weight is 470 g/mol. The predicted octanol–water partition coefficient (Wildman–Crippen LogP) is 4.15. The third-order valence-corrected chi connectivity index (χ3v) is 6.88. The molecule has 2 heterocycles. The van der Waals surface area contributed by atoms with E-state index in [1.165, 1.54) is 30.3 Å². The van der Waals surface area contributed by atoms with Crippen LogP contribution in [0.3, 0.4) is 0 Å². The van der Waals surface area contributed by atoms with Crippen LogP contribution < -0.4 is 10.1 Å². The zero-order valence-corrected chi connectivity index (χ0v) is 18.7. The molecule has 2 aromatic carbocycles. The molecule has 0 spiro atoms. The van der Waals surface area contributed by atoms with Crippen molar-refractivity contribution in [1.82, 2.24) is 14.7 Å². The topological polar surface area (TPSA) is 89.8 Å². The van der Waals surface area contributed by atoms with Gasteiger partial charge in [-0.05, 0) is 48.9 Å². The number of rotatable bonds is 7. The minimum atomic E-state index is -3.79. The van der Waals surface area contributed by atoms with E-state index in [-0.39, 0.29) is 28.0 Å². The molecule has 2 aromatic heterocycles. The van der Waals surface area contributed by atoms with E-state index in [0.717, 1.165) is 11.2 Å². The average Bonchev–Trinajstić information content (AvgIpc) is 3.26. The Balaban J connectivity index is 1.48. The third kappa shape index (κ3) is 4.46. The summed E-state index contributed by atoms with van der Waals surface area (Å²) in [5, 5.41) is 3.23. The number of hydrogen-bond donors (Lipinski definition) is 1. The van der Waals surface area contributed by atoms with E-state index < -0.39 is 9.84 Å². The number of carbonyl (C=O) groups is 1. The summed E-state index contributed by atoms with van der Waals surface area (Å²) in [7, 11) is -3.79. The molecular formula is C23H20ClN3O4S. The number of imidazole rings is 1. The summed E-state index contributed by atoms with van der Waals surface area (Å²) in [5.74, 6) is -0.0222. The van der Waals surface area contributed by atoms with Crippen molar-refractivity contribution < 1.29 is 17.9 Å². The van der Waals surface area contributed by atoms with Gasteiger partial charge < -0.3 is 14.5 Å². The molecule has 0 fully saturated rings. The Bertz CT molecular complexity index is 1380. The first-order valence-electron chi connectivity index (χ1n) is 9.86. The first-order valence-corrected chi connectivity index (χ1v) is 11.7. The molecule has 0 unspecified atom stereocenters. The number of hydrogen-bond acceptors (Lipinski definition) is 5. The van der Waals surface area contributed by atoms with Crippen LogP contribution in [0.15, 0.2) is 83.0 Å². The van der Waals surface area contributed by atoms with Gasteiger partial charge in [0, 0.05) is 36.2 Å². The second-order valence-corrected chi connectivity index (χ2v) is 9.32. The molecule has 0 aliphatic rings. The molecule has 0 atom stereocenters. The number of aromatic nitrogens is 2. The number of amides is 1. The Morgan fingerprint density at radius 2 is 1.91 bits per heavy atom. The number of pyridine rings is 1. The summed E-state index contributed by atoms with van der Waals surface area (Å²) in [6.07, 6.45) is 5.13. The van der Waals surface area contributed by atoms with Gasteiger partial charge in [-0.15, -0.1) is 0 Å². The van der Waals surface area contributed by atoms with Gasteiger partial charge in [0.2, 0.25) is 9.84 Å². The number of ether oxygens (including phenoxy) is 1. The molecule has 164 valence electrons. The van der Waals surface area contributed by atoms with Gasteiger partial charge in [0.1, 0.15) is 16.3 Å². The Hall–Kier alpha value is -3.36. The fourth-order valence-corrected chi connectivity index (χ4v) is 4.76. The van der Waals surface area contributed by atoms with Crippen LogP contribution >= 0.6 is 11.6 Å². The maximum Gasteiger partial charge on any atom is 0.253 e. The molecule has 0 aliphatic carbocycles. The van der Waals surface area contributed by atoms with Crippen LogP contribution in [0.4, 0.5) is 0 Å². The van der Waals surface area contributed by atoms with Crippen LogP contribution in [0.2, 0.25) is 5.02 Å². The van der Waals surface area contributed by atoms with Crippen LogP contribution in [0, 0.1) is 0 Å². The Labute approximate surface area is 190 Å². The monoisotopic (exact) mass is 469 g/mol. The lowest BCUT2D eigenvalue weighted by Gasteiger charge is -2.12. The molecule has 9 heteroatoms. The maximum absolute atomic E-state index is 13.1. The number of nitrogens with zero attached hydrogens (tertiary/aromatic N) is 2. The number of benzene rings is 2. The largest absolute Gasteiger partial charge is 0.492 e. The van der Waals surface area contributed by atoms with Crippen molar-refractivity contribution in [3.8, 4) is 5.75 Å². The molecule has 4 aromatic rings. The van der Waals surface area contributed by atoms with Crippen LogP contribution in [0.1, 0.15) is 22.8 Å². The fraction of sp³-hybridized carbons (Fsp3) is 0.130. The van der Waals surface area contributed by atoms with Gasteiger partial charge in [0.25, 0.3) is 5.91 Å². The molecular weight excluding hydrogens is 450 g/mol. The van der Waals surface area contributed by atoms with E-state index in [1.807, 2.05) is 0 Å². The number of sulfone groups is 1. The van der Waals surface area contributed by atoms with Crippen LogP contribution in [0.5, 0.6) is 5.75 Å². The molecule has 0 aliphatic heterocycles. The van der Waals surface area contributed by atoms with E-state index in [4.69, 9.17) is 16.3 Å². The molecule has 7 nitrogen and oxygen atoms in total. The first-order chi connectivity index (χ1) is 15.4. The molecule has 0 radical (unpaired) electrons. The van der Waals surface area contributed by atoms with E-state index >= 15 is 0 Å². The minimum absolute atomic E-state index is 0.0553. The van der Waals surface area contributed by atoms with Gasteiger partial charge in [0.05, 0.1) is 17.1 Å². The van der Waals surface area contributed by atoms with Crippen molar-refractivity contribution in [3.05, 3.63) is 89.3 Å². The van der Waals surface area contributed by atoms with Crippen molar-refractivity contribution in [2.75, 3.05) is 6.61 Å². The van der Waals surface area contributed by atoms with E-state index in [9.17, 15) is 13.2 Å². The van der Waals surface area contributed by atoms with Crippen LogP contribution in [-0.2, 0) is 16.4 Å². The van der Waals surface area contributed by atoms with Gasteiger partial charge in [-0.3, -0.25) is 4.79 Å². The summed E-state index contributed by atoms with van der Waals surface area (Å²) in [6.45, 7) is 2.34. The van der Waals surface area contributed by atoms with Gasteiger partial charge in [0.15, 0.2) is 0 Å². The first kappa shape index (κ1) is 21.9. The smallest absolute Gasteiger partial charge is 0.253 e. The Morgan fingerprint density at radius 3 is 2.66 bits per heavy atom. The summed E-state index contributed by atoms with van der Waals surface area (Å²) in [4.78, 5) is 16.8. The molecule has 0 saturated heterocycles. The summed E-state index contributed by atoms with van der Waals surface area (Å²) >= 11 is 5.98. The standard InChI is InChI=1S/C23H20ClN3O4S/c1-2-31-20-13-18(24)6-9-21(20)32(29,30)19-7-3-16(4-8-19)14-26-23(28)17-5-10-22-25-11-12-27(22)15-17/h3-13,15H,2,14H2,1H3,(H,26,28). The Kier molecular flexibility index (Phi) is 6.16. The van der Waals surface area contributed by atoms with Crippen LogP contribution in [0.25, 0.3) is 5.65 Å². The van der Waals surface area contributed by atoms with Crippen molar-refractivity contribution in [3.63, 3.8) is 0 Å². The lowest BCUT2D eigenvalue weighted by molar-refractivity contribution is 0.0950. The van der Waals surface area contributed by atoms with Gasteiger partial charge in [-0.25, -0.2) is 13.4 Å². The quantitative estimate of drug-likeness (QED) is 0.439. The summed E-state index contributed by atoms with van der Waals surface area (Å²) < 4.78 is 33.4. The predicted molar refractivity (Wildman–Crippen MR) is 121 cm³/mol. The molecule has 32 heavy (non-hydrogen) atoms. The highest BCUT2D eigenvalue weighted by molar-refractivity contribution is 7.91. The molecule has 1 N–H and O–H groups in total. The van der Waals surface area contributed by atoms with Gasteiger partial charge in [-0.1, -0.05) is 23.7 Å². The highest BCUT2D eigenvalue weighted by Crippen LogP contribution is 2.32. The van der Waals surface area contributed by atoms with Gasteiger partial charge >= 0.3 is 0 Å². The minimum Gasteiger partial charge on any atom is -0.492 e. The maximum atomic E-state index is 13.1. The Morgan fingerprint density at radius 1 is 1.12 bits per heavy atom.